The second-order valence-corrected chi connectivity index (χ2v) is 17.0. The van der Waals surface area contributed by atoms with Gasteiger partial charge in [-0.3, -0.25) is 4.79 Å². The van der Waals surface area contributed by atoms with Crippen molar-refractivity contribution in [2.45, 2.75) is 108 Å². The van der Waals surface area contributed by atoms with E-state index in [2.05, 4.69) is 0 Å². The monoisotopic (exact) mass is 938 g/mol. The first-order valence-corrected chi connectivity index (χ1v) is 23.5. The van der Waals surface area contributed by atoms with Crippen molar-refractivity contribution in [1.29, 1.82) is 0 Å². The van der Waals surface area contributed by atoms with E-state index in [0.29, 0.717) is 6.61 Å². The smallest absolute Gasteiger partial charge is 0.303 e. The molecule has 2 aliphatic rings. The number of ether oxygens (including phenoxy) is 11. The number of rotatable bonds is 24. The molecule has 0 N–H and O–H groups in total. The Labute approximate surface area is 405 Å². The molecule has 8 rings (SSSR count). The van der Waals surface area contributed by atoms with E-state index in [0.717, 1.165) is 33.4 Å². The molecule has 0 amide bonds. The molecule has 2 heterocycles. The predicted molar refractivity (Wildman–Crippen MR) is 257 cm³/mol. The van der Waals surface area contributed by atoms with Gasteiger partial charge in [0.25, 0.3) is 0 Å². The Morgan fingerprint density at radius 1 is 0.377 bits per heavy atom. The van der Waals surface area contributed by atoms with Crippen LogP contribution in [0.3, 0.4) is 0 Å². The number of esters is 1. The molecule has 6 aromatic carbocycles. The summed E-state index contributed by atoms with van der Waals surface area (Å²) in [6.07, 6.45) is -8.53. The van der Waals surface area contributed by atoms with Crippen LogP contribution in [0.2, 0.25) is 0 Å². The molecular formula is C57H62O12. The molecule has 0 radical (unpaired) electrons. The number of methoxy groups -OCH3 is 1. The third kappa shape index (κ3) is 14.7. The zero-order chi connectivity index (χ0) is 47.5. The molecule has 2 saturated heterocycles. The Kier molecular flexibility index (Phi) is 19.0. The third-order valence-corrected chi connectivity index (χ3v) is 12.0. The molecule has 12 nitrogen and oxygen atoms in total. The average molecular weight is 939 g/mol. The maximum Gasteiger partial charge on any atom is 0.303 e. The first-order valence-electron chi connectivity index (χ1n) is 23.5. The lowest BCUT2D eigenvalue weighted by molar-refractivity contribution is -0.347. The van der Waals surface area contributed by atoms with E-state index in [1.54, 1.807) is 7.11 Å². The number of carbonyl (C=O) groups excluding carboxylic acids is 1. The van der Waals surface area contributed by atoms with Gasteiger partial charge < -0.3 is 52.1 Å². The molecule has 362 valence electrons. The maximum absolute atomic E-state index is 13.1. The minimum absolute atomic E-state index is 0.100. The van der Waals surface area contributed by atoms with Crippen LogP contribution in [0.1, 0.15) is 40.3 Å². The number of hydrogen-bond donors (Lipinski definition) is 0. The number of benzene rings is 6. The van der Waals surface area contributed by atoms with E-state index in [4.69, 9.17) is 52.1 Å². The van der Waals surface area contributed by atoms with Gasteiger partial charge in [-0.05, 0) is 33.4 Å². The lowest BCUT2D eigenvalue weighted by Gasteiger charge is -2.47. The first kappa shape index (κ1) is 49.8. The summed E-state index contributed by atoms with van der Waals surface area (Å²) in [5, 5.41) is 0. The molecule has 0 spiro atoms. The van der Waals surface area contributed by atoms with Crippen LogP contribution in [-0.4, -0.2) is 87.7 Å². The van der Waals surface area contributed by atoms with Gasteiger partial charge in [-0.1, -0.05) is 182 Å². The van der Waals surface area contributed by atoms with E-state index in [1.165, 1.54) is 6.92 Å². The van der Waals surface area contributed by atoms with Gasteiger partial charge in [0, 0.05) is 14.0 Å². The van der Waals surface area contributed by atoms with Crippen molar-refractivity contribution < 1.29 is 56.9 Å². The summed E-state index contributed by atoms with van der Waals surface area (Å²) in [5.41, 5.74) is 5.77. The van der Waals surface area contributed by atoms with E-state index in [-0.39, 0.29) is 46.2 Å². The first-order chi connectivity index (χ1) is 34.0. The van der Waals surface area contributed by atoms with Crippen LogP contribution in [0, 0.1) is 0 Å². The van der Waals surface area contributed by atoms with Crippen LogP contribution in [0.25, 0.3) is 0 Å². The Morgan fingerprint density at radius 3 is 1.07 bits per heavy atom. The summed E-state index contributed by atoms with van der Waals surface area (Å²) in [6, 6.07) is 59.3. The van der Waals surface area contributed by atoms with E-state index in [1.807, 2.05) is 182 Å². The lowest BCUT2D eigenvalue weighted by atomic mass is 9.97. The molecule has 0 aromatic heterocycles. The molecule has 2 aliphatic heterocycles. The van der Waals surface area contributed by atoms with Gasteiger partial charge in [-0.25, -0.2) is 0 Å². The van der Waals surface area contributed by atoms with Gasteiger partial charge in [0.05, 0.1) is 52.9 Å². The Bertz CT molecular complexity index is 2350. The second kappa shape index (κ2) is 26.4. The summed E-state index contributed by atoms with van der Waals surface area (Å²) in [6.45, 7) is 2.90. The summed E-state index contributed by atoms with van der Waals surface area (Å²) in [4.78, 5) is 13.1. The van der Waals surface area contributed by atoms with Crippen molar-refractivity contribution in [2.75, 3.05) is 20.3 Å². The molecule has 2 fully saturated rings. The average Bonchev–Trinajstić information content (AvgIpc) is 3.39. The summed E-state index contributed by atoms with van der Waals surface area (Å²) in [7, 11) is 1.58. The van der Waals surface area contributed by atoms with Crippen LogP contribution < -0.4 is 0 Å². The summed E-state index contributed by atoms with van der Waals surface area (Å²) < 4.78 is 72.9. The number of hydrogen-bond acceptors (Lipinski definition) is 12. The molecular weight excluding hydrogens is 877 g/mol. The van der Waals surface area contributed by atoms with Crippen LogP contribution in [0.15, 0.2) is 182 Å². The molecule has 0 unspecified atom stereocenters. The van der Waals surface area contributed by atoms with Crippen molar-refractivity contribution in [3.05, 3.63) is 215 Å². The van der Waals surface area contributed by atoms with E-state index in [9.17, 15) is 4.79 Å². The highest BCUT2D eigenvalue weighted by Gasteiger charge is 2.53. The fraction of sp³-hybridized carbons (Fsp3) is 0.351. The Hall–Kier alpha value is -5.61. The van der Waals surface area contributed by atoms with E-state index >= 15 is 0 Å². The normalized spacial score (nSPS) is 24.7. The third-order valence-electron chi connectivity index (χ3n) is 12.0. The summed E-state index contributed by atoms with van der Waals surface area (Å²) in [5.74, 6) is -0.545. The zero-order valence-electron chi connectivity index (χ0n) is 39.1. The van der Waals surface area contributed by atoms with Crippen molar-refractivity contribution in [3.63, 3.8) is 0 Å². The largest absolute Gasteiger partial charge is 0.454 e. The van der Waals surface area contributed by atoms with Crippen LogP contribution in [0.5, 0.6) is 0 Å². The summed E-state index contributed by atoms with van der Waals surface area (Å²) >= 11 is 0. The topological polar surface area (TPSA) is 119 Å². The Morgan fingerprint density at radius 2 is 0.696 bits per heavy atom. The minimum Gasteiger partial charge on any atom is -0.454 e. The standard InChI is InChI=1S/C57H62O12/c1-41(58)67-55-53(64-37-46-29-17-7-18-30-46)50(61-34-43-23-11-4-12-24-43)48(39-60-33-42-21-9-3-10-22-42)69-57(55)66-40-49-51(62-35-44-25-13-5-14-26-44)52(63-36-45-27-15-6-16-28-45)54(56(59-2)68-49)65-38-47-31-19-8-20-32-47/h3-32,48-57H,33-40H2,1-2H3/t48-,49-,50-,51-,52+,53+,54-,55-,56+,57-/m1/s1. The zero-order valence-corrected chi connectivity index (χ0v) is 39.1. The van der Waals surface area contributed by atoms with Crippen molar-refractivity contribution in [2.24, 2.45) is 0 Å². The molecule has 12 heteroatoms. The minimum atomic E-state index is -1.17. The number of carbonyl (C=O) groups is 1. The van der Waals surface area contributed by atoms with Gasteiger partial charge in [0.1, 0.15) is 42.7 Å². The highest BCUT2D eigenvalue weighted by molar-refractivity contribution is 5.66. The van der Waals surface area contributed by atoms with Crippen LogP contribution >= 0.6 is 0 Å². The van der Waals surface area contributed by atoms with E-state index < -0.39 is 67.4 Å². The molecule has 10 atom stereocenters. The molecule has 6 aromatic rings. The van der Waals surface area contributed by atoms with Crippen LogP contribution in [0.4, 0.5) is 0 Å². The van der Waals surface area contributed by atoms with Gasteiger partial charge in [-0.15, -0.1) is 0 Å². The van der Waals surface area contributed by atoms with Crippen LogP contribution in [-0.2, 0) is 96.5 Å². The molecule has 0 bridgehead atoms. The van der Waals surface area contributed by atoms with Crippen molar-refractivity contribution in [3.8, 4) is 0 Å². The fourth-order valence-electron chi connectivity index (χ4n) is 8.51. The Balaban J connectivity index is 1.11. The van der Waals surface area contributed by atoms with Crippen molar-refractivity contribution >= 4 is 5.97 Å². The fourth-order valence-corrected chi connectivity index (χ4v) is 8.51. The molecule has 69 heavy (non-hydrogen) atoms. The highest BCUT2D eigenvalue weighted by atomic mass is 16.8. The maximum atomic E-state index is 13.1. The van der Waals surface area contributed by atoms with Crippen molar-refractivity contribution in [1.82, 2.24) is 0 Å². The van der Waals surface area contributed by atoms with Gasteiger partial charge >= 0.3 is 5.97 Å². The molecule has 0 saturated carbocycles. The predicted octanol–water partition coefficient (Wildman–Crippen LogP) is 9.17. The lowest BCUT2D eigenvalue weighted by Crippen LogP contribution is -2.64. The molecule has 0 aliphatic carbocycles. The quantitative estimate of drug-likeness (QED) is 0.0539. The highest BCUT2D eigenvalue weighted by Crippen LogP contribution is 2.35. The van der Waals surface area contributed by atoms with Gasteiger partial charge in [0.2, 0.25) is 0 Å². The van der Waals surface area contributed by atoms with Gasteiger partial charge in [-0.2, -0.15) is 0 Å². The van der Waals surface area contributed by atoms with Gasteiger partial charge in [0.15, 0.2) is 18.7 Å². The second-order valence-electron chi connectivity index (χ2n) is 17.0. The SMILES string of the molecule is CO[C@H]1O[C@H](CO[C@@H]2O[C@H](COCc3ccccc3)[C@@H](OCc3ccccc3)[C@H](OCc3ccccc3)[C@H]2OC(C)=O)[C@@H](OCc2ccccc2)[C@H](OCc2ccccc2)[C@H]1OCc1ccccc1.